The maximum Gasteiger partial charge on any atom is 0.295 e. The van der Waals surface area contributed by atoms with Crippen LogP contribution in [0.15, 0.2) is 82.0 Å². The normalized spacial score (nSPS) is 15.2. The summed E-state index contributed by atoms with van der Waals surface area (Å²) in [6, 6.07) is 21.8. The second-order valence-electron chi connectivity index (χ2n) is 8.00. The lowest BCUT2D eigenvalue weighted by atomic mass is 9.98. The van der Waals surface area contributed by atoms with Gasteiger partial charge in [-0.25, -0.2) is 0 Å². The zero-order valence-electron chi connectivity index (χ0n) is 18.0. The highest BCUT2D eigenvalue weighted by molar-refractivity contribution is 6.10. The molecule has 0 spiro atoms. The van der Waals surface area contributed by atoms with Crippen LogP contribution in [0.4, 0.5) is 5.69 Å². The summed E-state index contributed by atoms with van der Waals surface area (Å²) in [4.78, 5) is 28.8. The van der Waals surface area contributed by atoms with Gasteiger partial charge in [-0.15, -0.1) is 0 Å². The Morgan fingerprint density at radius 3 is 2.44 bits per heavy atom. The molecule has 3 aromatic carbocycles. The number of aryl methyl sites for hydroxylation is 1. The quantitative estimate of drug-likeness (QED) is 0.415. The molecule has 5 nitrogen and oxygen atoms in total. The number of benzene rings is 3. The van der Waals surface area contributed by atoms with Crippen LogP contribution in [0.2, 0.25) is 0 Å². The molecule has 4 aromatic rings. The minimum absolute atomic E-state index is 0.103. The number of fused-ring (bicyclic) bond motifs is 2. The summed E-state index contributed by atoms with van der Waals surface area (Å²) in [5.41, 5.74) is 3.11. The Balaban J connectivity index is 1.72. The largest absolute Gasteiger partial charge is 0.494 e. The lowest BCUT2D eigenvalue weighted by Gasteiger charge is -2.25. The highest BCUT2D eigenvalue weighted by Gasteiger charge is 2.43. The van der Waals surface area contributed by atoms with E-state index in [1.807, 2.05) is 73.7 Å². The molecule has 0 N–H and O–H groups in total. The van der Waals surface area contributed by atoms with Crippen molar-refractivity contribution in [3.63, 3.8) is 0 Å². The number of para-hydroxylation sites is 1. The van der Waals surface area contributed by atoms with Gasteiger partial charge in [0.05, 0.1) is 23.6 Å². The topological polar surface area (TPSA) is 59.8 Å². The van der Waals surface area contributed by atoms with E-state index >= 15 is 0 Å². The second kappa shape index (κ2) is 8.00. The van der Waals surface area contributed by atoms with Crippen LogP contribution in [-0.4, -0.2) is 12.5 Å². The summed E-state index contributed by atoms with van der Waals surface area (Å²) in [6.07, 6.45) is 0.918. The van der Waals surface area contributed by atoms with Crippen LogP contribution in [0, 0.1) is 6.92 Å². The van der Waals surface area contributed by atoms with E-state index < -0.39 is 6.04 Å². The molecule has 0 saturated heterocycles. The third-order valence-corrected chi connectivity index (χ3v) is 5.73. The SMILES string of the molecule is CCCOc1ccc(C2c3c(oc4ccc(C)cc4c3=O)C(=O)N2c2ccccc2)cc1. The summed E-state index contributed by atoms with van der Waals surface area (Å²) < 4.78 is 11.7. The third-order valence-electron chi connectivity index (χ3n) is 5.73. The van der Waals surface area contributed by atoms with Crippen molar-refractivity contribution in [1.82, 2.24) is 0 Å². The van der Waals surface area contributed by atoms with E-state index in [9.17, 15) is 9.59 Å². The van der Waals surface area contributed by atoms with Crippen LogP contribution in [0.1, 0.15) is 46.6 Å². The van der Waals surface area contributed by atoms with Crippen LogP contribution >= 0.6 is 0 Å². The van der Waals surface area contributed by atoms with Crippen molar-refractivity contribution in [2.24, 2.45) is 0 Å². The predicted octanol–water partition coefficient (Wildman–Crippen LogP) is 5.64. The molecule has 5 rings (SSSR count). The first kappa shape index (κ1) is 20.1. The Bertz CT molecular complexity index is 1360. The van der Waals surface area contributed by atoms with Gasteiger partial charge < -0.3 is 9.15 Å². The molecule has 1 aliphatic heterocycles. The molecular weight excluding hydrogens is 402 g/mol. The molecule has 1 amide bonds. The van der Waals surface area contributed by atoms with Gasteiger partial charge in [0.1, 0.15) is 11.3 Å². The highest BCUT2D eigenvalue weighted by Crippen LogP contribution is 2.41. The first-order chi connectivity index (χ1) is 15.6. The van der Waals surface area contributed by atoms with Crippen LogP contribution in [0.25, 0.3) is 11.0 Å². The molecule has 160 valence electrons. The first-order valence-corrected chi connectivity index (χ1v) is 10.8. The number of hydrogen-bond donors (Lipinski definition) is 0. The van der Waals surface area contributed by atoms with E-state index in [2.05, 4.69) is 6.92 Å². The van der Waals surface area contributed by atoms with Crippen molar-refractivity contribution in [2.45, 2.75) is 26.3 Å². The van der Waals surface area contributed by atoms with Crippen LogP contribution < -0.4 is 15.1 Å². The van der Waals surface area contributed by atoms with Crippen LogP contribution in [0.3, 0.4) is 0 Å². The van der Waals surface area contributed by atoms with E-state index in [1.54, 1.807) is 11.0 Å². The van der Waals surface area contributed by atoms with E-state index in [1.165, 1.54) is 0 Å². The molecule has 1 unspecified atom stereocenters. The van der Waals surface area contributed by atoms with E-state index in [-0.39, 0.29) is 17.1 Å². The van der Waals surface area contributed by atoms with E-state index in [0.29, 0.717) is 28.8 Å². The highest BCUT2D eigenvalue weighted by atomic mass is 16.5. The number of carbonyl (C=O) groups excluding carboxylic acids is 1. The van der Waals surface area contributed by atoms with Gasteiger partial charge in [-0.1, -0.05) is 48.9 Å². The smallest absolute Gasteiger partial charge is 0.295 e. The van der Waals surface area contributed by atoms with Gasteiger partial charge in [-0.3, -0.25) is 14.5 Å². The Kier molecular flexibility index (Phi) is 5.02. The van der Waals surface area contributed by atoms with Crippen molar-refractivity contribution >= 4 is 22.6 Å². The Labute approximate surface area is 185 Å². The second-order valence-corrected chi connectivity index (χ2v) is 8.00. The van der Waals surface area contributed by atoms with E-state index in [0.717, 1.165) is 23.3 Å². The molecule has 0 bridgehead atoms. The van der Waals surface area contributed by atoms with Crippen LogP contribution in [-0.2, 0) is 0 Å². The van der Waals surface area contributed by atoms with Crippen molar-refractivity contribution in [3.05, 3.63) is 105 Å². The van der Waals surface area contributed by atoms with Gasteiger partial charge in [-0.05, 0) is 55.3 Å². The summed E-state index contributed by atoms with van der Waals surface area (Å²) >= 11 is 0. The van der Waals surface area contributed by atoms with Gasteiger partial charge in [-0.2, -0.15) is 0 Å². The van der Waals surface area contributed by atoms with Gasteiger partial charge in [0.2, 0.25) is 5.76 Å². The fraction of sp³-hybridized carbons (Fsp3) is 0.185. The molecule has 0 saturated carbocycles. The number of rotatable bonds is 5. The first-order valence-electron chi connectivity index (χ1n) is 10.8. The monoisotopic (exact) mass is 425 g/mol. The average molecular weight is 425 g/mol. The molecule has 5 heteroatoms. The molecule has 2 heterocycles. The van der Waals surface area contributed by atoms with Crippen LogP contribution in [0.5, 0.6) is 5.75 Å². The zero-order chi connectivity index (χ0) is 22.2. The molecule has 1 atom stereocenters. The molecular formula is C27H23NO4. The Morgan fingerprint density at radius 2 is 1.72 bits per heavy atom. The maximum atomic E-state index is 13.6. The Hall–Kier alpha value is -3.86. The predicted molar refractivity (Wildman–Crippen MR) is 125 cm³/mol. The lowest BCUT2D eigenvalue weighted by Crippen LogP contribution is -2.29. The molecule has 1 aromatic heterocycles. The number of hydrogen-bond acceptors (Lipinski definition) is 4. The minimum atomic E-state index is -0.582. The standard InChI is InChI=1S/C27H23NO4/c1-3-15-31-20-12-10-18(11-13-20)24-23-25(29)21-16-17(2)9-14-22(21)32-26(23)27(30)28(24)19-7-5-4-6-8-19/h4-14,16,24H,3,15H2,1-2H3. The van der Waals surface area contributed by atoms with Crippen molar-refractivity contribution in [1.29, 1.82) is 0 Å². The van der Waals surface area contributed by atoms with Gasteiger partial charge in [0.15, 0.2) is 5.43 Å². The van der Waals surface area contributed by atoms with Crippen molar-refractivity contribution < 1.29 is 13.9 Å². The van der Waals surface area contributed by atoms with Gasteiger partial charge in [0.25, 0.3) is 5.91 Å². The fourth-order valence-corrected chi connectivity index (χ4v) is 4.22. The number of carbonyl (C=O) groups is 1. The molecule has 0 fully saturated rings. The molecule has 32 heavy (non-hydrogen) atoms. The van der Waals surface area contributed by atoms with Crippen molar-refractivity contribution in [3.8, 4) is 5.75 Å². The molecule has 1 aliphatic rings. The summed E-state index contributed by atoms with van der Waals surface area (Å²) in [5, 5.41) is 0.486. The average Bonchev–Trinajstić information content (AvgIpc) is 3.11. The lowest BCUT2D eigenvalue weighted by molar-refractivity contribution is 0.0971. The number of ether oxygens (including phenoxy) is 1. The zero-order valence-corrected chi connectivity index (χ0v) is 18.0. The third kappa shape index (κ3) is 3.26. The fourth-order valence-electron chi connectivity index (χ4n) is 4.22. The number of amides is 1. The number of anilines is 1. The maximum absolute atomic E-state index is 13.6. The van der Waals surface area contributed by atoms with E-state index in [4.69, 9.17) is 9.15 Å². The summed E-state index contributed by atoms with van der Waals surface area (Å²) in [5.74, 6) is 0.543. The summed E-state index contributed by atoms with van der Waals surface area (Å²) in [6.45, 7) is 4.62. The summed E-state index contributed by atoms with van der Waals surface area (Å²) in [7, 11) is 0. The molecule has 0 radical (unpaired) electrons. The number of nitrogens with zero attached hydrogens (tertiary/aromatic N) is 1. The van der Waals surface area contributed by atoms with Crippen molar-refractivity contribution in [2.75, 3.05) is 11.5 Å². The van der Waals surface area contributed by atoms with Gasteiger partial charge >= 0.3 is 0 Å². The van der Waals surface area contributed by atoms with Gasteiger partial charge in [0, 0.05) is 5.69 Å². The molecule has 0 aliphatic carbocycles. The minimum Gasteiger partial charge on any atom is -0.494 e. The Morgan fingerprint density at radius 1 is 0.969 bits per heavy atom.